The maximum atomic E-state index is 12.6. The highest BCUT2D eigenvalue weighted by atomic mass is 16.2. The number of benzene rings is 1. The zero-order valence-electron chi connectivity index (χ0n) is 12.9. The van der Waals surface area contributed by atoms with Gasteiger partial charge in [-0.1, -0.05) is 32.0 Å². The molecule has 4 heteroatoms. The Hall–Kier alpha value is -1.39. The molecule has 2 atom stereocenters. The number of aryl methyl sites for hydroxylation is 1. The first-order chi connectivity index (χ1) is 9.97. The van der Waals surface area contributed by atoms with E-state index in [2.05, 4.69) is 30.1 Å². The van der Waals surface area contributed by atoms with E-state index in [9.17, 15) is 4.79 Å². The number of likely N-dealkylation sites (tertiary alicyclic amines) is 1. The van der Waals surface area contributed by atoms with Crippen molar-refractivity contribution in [3.05, 3.63) is 29.8 Å². The van der Waals surface area contributed by atoms with Crippen molar-refractivity contribution in [3.8, 4) is 0 Å². The summed E-state index contributed by atoms with van der Waals surface area (Å²) in [6, 6.07) is 8.29. The molecule has 2 unspecified atom stereocenters. The third kappa shape index (κ3) is 2.83. The molecular formula is C17H25N3O. The molecule has 0 aromatic heterocycles. The number of nitrogens with zero attached hydrogens (tertiary/aromatic N) is 1. The predicted octanol–water partition coefficient (Wildman–Crippen LogP) is 2.00. The largest absolute Gasteiger partial charge is 0.327 e. The van der Waals surface area contributed by atoms with Gasteiger partial charge in [-0.25, -0.2) is 0 Å². The lowest BCUT2D eigenvalue weighted by Crippen LogP contribution is -2.57. The lowest BCUT2D eigenvalue weighted by Gasteiger charge is -2.45. The summed E-state index contributed by atoms with van der Waals surface area (Å²) in [5.74, 6) is 0.131. The van der Waals surface area contributed by atoms with Crippen molar-refractivity contribution in [2.24, 2.45) is 11.1 Å². The standard InChI is InChI=1S/C17H25N3O/c1-17(2)11-20(10-9-15(17)18)14-8-7-12-5-3-4-6-13(12)19-16(14)21/h3-6,14-15H,7-11,18H2,1-2H3,(H,19,21). The second-order valence-corrected chi connectivity index (χ2v) is 7.06. The van der Waals surface area contributed by atoms with Crippen molar-refractivity contribution >= 4 is 11.6 Å². The number of carbonyl (C=O) groups excluding carboxylic acids is 1. The predicted molar refractivity (Wildman–Crippen MR) is 85.1 cm³/mol. The van der Waals surface area contributed by atoms with Gasteiger partial charge in [0, 0.05) is 24.8 Å². The van der Waals surface area contributed by atoms with Crippen LogP contribution in [-0.2, 0) is 11.2 Å². The molecule has 21 heavy (non-hydrogen) atoms. The highest BCUT2D eigenvalue weighted by Crippen LogP contribution is 2.31. The second kappa shape index (κ2) is 5.43. The molecule has 3 rings (SSSR count). The van der Waals surface area contributed by atoms with Crippen LogP contribution < -0.4 is 11.1 Å². The van der Waals surface area contributed by atoms with Crippen molar-refractivity contribution in [3.63, 3.8) is 0 Å². The van der Waals surface area contributed by atoms with Crippen LogP contribution in [-0.4, -0.2) is 36.0 Å². The average molecular weight is 287 g/mol. The number of piperidine rings is 1. The van der Waals surface area contributed by atoms with Crippen molar-refractivity contribution in [1.82, 2.24) is 4.90 Å². The van der Waals surface area contributed by atoms with Gasteiger partial charge in [0.25, 0.3) is 0 Å². The maximum Gasteiger partial charge on any atom is 0.241 e. The van der Waals surface area contributed by atoms with Crippen LogP contribution in [0.1, 0.15) is 32.3 Å². The normalized spacial score (nSPS) is 29.4. The third-order valence-electron chi connectivity index (χ3n) is 5.05. The minimum absolute atomic E-state index is 0.0378. The lowest BCUT2D eigenvalue weighted by atomic mass is 9.79. The van der Waals surface area contributed by atoms with Gasteiger partial charge in [-0.05, 0) is 36.3 Å². The van der Waals surface area contributed by atoms with Crippen molar-refractivity contribution in [2.75, 3.05) is 18.4 Å². The Bertz CT molecular complexity index is 541. The fraction of sp³-hybridized carbons (Fsp3) is 0.588. The molecule has 1 saturated heterocycles. The quantitative estimate of drug-likeness (QED) is 0.830. The molecule has 0 bridgehead atoms. The first kappa shape index (κ1) is 14.5. The Morgan fingerprint density at radius 1 is 1.29 bits per heavy atom. The number of carbonyl (C=O) groups is 1. The van der Waals surface area contributed by atoms with E-state index in [0.29, 0.717) is 0 Å². The molecule has 0 radical (unpaired) electrons. The van der Waals surface area contributed by atoms with Gasteiger partial charge in [0.2, 0.25) is 5.91 Å². The van der Waals surface area contributed by atoms with E-state index < -0.39 is 0 Å². The fourth-order valence-electron chi connectivity index (χ4n) is 3.53. The highest BCUT2D eigenvalue weighted by Gasteiger charge is 2.38. The number of amides is 1. The summed E-state index contributed by atoms with van der Waals surface area (Å²) in [4.78, 5) is 14.9. The van der Waals surface area contributed by atoms with Crippen molar-refractivity contribution < 1.29 is 4.79 Å². The summed E-state index contributed by atoms with van der Waals surface area (Å²) in [5.41, 5.74) is 8.49. The molecular weight excluding hydrogens is 262 g/mol. The zero-order chi connectivity index (χ0) is 15.0. The van der Waals surface area contributed by atoms with Crippen LogP contribution in [0.2, 0.25) is 0 Å². The number of nitrogens with two attached hydrogens (primary N) is 1. The van der Waals surface area contributed by atoms with Crippen molar-refractivity contribution in [1.29, 1.82) is 0 Å². The van der Waals surface area contributed by atoms with Gasteiger partial charge >= 0.3 is 0 Å². The molecule has 1 aromatic rings. The van der Waals surface area contributed by atoms with Gasteiger partial charge in [-0.2, -0.15) is 0 Å². The summed E-state index contributed by atoms with van der Waals surface area (Å²) in [5, 5.41) is 3.10. The Morgan fingerprint density at radius 3 is 2.81 bits per heavy atom. The Kier molecular flexibility index (Phi) is 3.76. The minimum Gasteiger partial charge on any atom is -0.327 e. The molecule has 2 aliphatic heterocycles. The fourth-order valence-corrected chi connectivity index (χ4v) is 3.53. The summed E-state index contributed by atoms with van der Waals surface area (Å²) >= 11 is 0. The van der Waals surface area contributed by atoms with Gasteiger partial charge < -0.3 is 11.1 Å². The topological polar surface area (TPSA) is 58.4 Å². The Morgan fingerprint density at radius 2 is 2.05 bits per heavy atom. The summed E-state index contributed by atoms with van der Waals surface area (Å²) in [7, 11) is 0. The highest BCUT2D eigenvalue weighted by molar-refractivity contribution is 5.96. The van der Waals surface area contributed by atoms with E-state index in [1.54, 1.807) is 0 Å². The lowest BCUT2D eigenvalue weighted by molar-refractivity contribution is -0.122. The molecule has 2 heterocycles. The molecule has 1 aromatic carbocycles. The van der Waals surface area contributed by atoms with E-state index in [1.165, 1.54) is 5.56 Å². The monoisotopic (exact) mass is 287 g/mol. The molecule has 1 fully saturated rings. The first-order valence-electron chi connectivity index (χ1n) is 7.86. The Labute approximate surface area is 126 Å². The molecule has 1 amide bonds. The van der Waals surface area contributed by atoms with Gasteiger partial charge in [-0.3, -0.25) is 9.69 Å². The van der Waals surface area contributed by atoms with E-state index in [-0.39, 0.29) is 23.4 Å². The van der Waals surface area contributed by atoms with Gasteiger partial charge in [0.1, 0.15) is 0 Å². The average Bonchev–Trinajstić information content (AvgIpc) is 2.60. The summed E-state index contributed by atoms with van der Waals surface area (Å²) in [6.07, 6.45) is 2.79. The van der Waals surface area contributed by atoms with Gasteiger partial charge in [0.15, 0.2) is 0 Å². The van der Waals surface area contributed by atoms with Gasteiger partial charge in [0.05, 0.1) is 6.04 Å². The maximum absolute atomic E-state index is 12.6. The van der Waals surface area contributed by atoms with Crippen LogP contribution in [0.5, 0.6) is 0 Å². The molecule has 114 valence electrons. The number of anilines is 1. The molecule has 3 N–H and O–H groups in total. The van der Waals surface area contributed by atoms with Crippen molar-refractivity contribution in [2.45, 2.75) is 45.2 Å². The number of rotatable bonds is 1. The van der Waals surface area contributed by atoms with E-state index in [0.717, 1.165) is 38.0 Å². The number of hydrogen-bond acceptors (Lipinski definition) is 3. The van der Waals surface area contributed by atoms with E-state index in [4.69, 9.17) is 5.73 Å². The van der Waals surface area contributed by atoms with E-state index in [1.807, 2.05) is 18.2 Å². The van der Waals surface area contributed by atoms with Crippen LogP contribution >= 0.6 is 0 Å². The second-order valence-electron chi connectivity index (χ2n) is 7.06. The van der Waals surface area contributed by atoms with Crippen LogP contribution in [0, 0.1) is 5.41 Å². The summed E-state index contributed by atoms with van der Waals surface area (Å²) < 4.78 is 0. The van der Waals surface area contributed by atoms with Crippen LogP contribution in [0.4, 0.5) is 5.69 Å². The number of para-hydroxylation sites is 1. The van der Waals surface area contributed by atoms with Crippen LogP contribution in [0.25, 0.3) is 0 Å². The van der Waals surface area contributed by atoms with Crippen LogP contribution in [0.15, 0.2) is 24.3 Å². The van der Waals surface area contributed by atoms with Gasteiger partial charge in [-0.15, -0.1) is 0 Å². The Balaban J connectivity index is 1.77. The molecule has 0 spiro atoms. The molecule has 0 saturated carbocycles. The smallest absolute Gasteiger partial charge is 0.241 e. The molecule has 0 aliphatic carbocycles. The minimum atomic E-state index is -0.0378. The number of fused-ring (bicyclic) bond motifs is 1. The SMILES string of the molecule is CC1(C)CN(C2CCc3ccccc3NC2=O)CCC1N. The third-order valence-corrected chi connectivity index (χ3v) is 5.05. The van der Waals surface area contributed by atoms with E-state index >= 15 is 0 Å². The molecule has 2 aliphatic rings. The number of nitrogens with one attached hydrogen (secondary N) is 1. The zero-order valence-corrected chi connectivity index (χ0v) is 12.9. The number of hydrogen-bond donors (Lipinski definition) is 2. The summed E-state index contributed by atoms with van der Waals surface area (Å²) in [6.45, 7) is 6.21. The van der Waals surface area contributed by atoms with Crippen LogP contribution in [0.3, 0.4) is 0 Å². The first-order valence-corrected chi connectivity index (χ1v) is 7.86. The molecule has 4 nitrogen and oxygen atoms in total.